The molecule has 1 aromatic carbocycles. The Hall–Kier alpha value is -1.40. The minimum absolute atomic E-state index is 0.329. The van der Waals surface area contributed by atoms with Crippen LogP contribution in [0, 0.1) is 5.82 Å². The Bertz CT molecular complexity index is 493. The van der Waals surface area contributed by atoms with Crippen LogP contribution < -0.4 is 5.73 Å². The summed E-state index contributed by atoms with van der Waals surface area (Å²) in [4.78, 5) is 15.3. The third kappa shape index (κ3) is 2.70. The molecule has 0 fully saturated rings. The van der Waals surface area contributed by atoms with Gasteiger partial charge in [0.2, 0.25) is 5.91 Å². The molecule has 0 aromatic heterocycles. The Morgan fingerprint density at radius 1 is 1.67 bits per heavy atom. The van der Waals surface area contributed by atoms with Gasteiger partial charge in [-0.2, -0.15) is 0 Å². The van der Waals surface area contributed by atoms with Gasteiger partial charge in [0.1, 0.15) is 23.0 Å². The molecule has 2 N–H and O–H groups in total. The highest BCUT2D eigenvalue weighted by molar-refractivity contribution is 8.14. The maximum atomic E-state index is 13.2. The third-order valence-electron chi connectivity index (χ3n) is 2.61. The minimum Gasteiger partial charge on any atom is -0.370 e. The minimum atomic E-state index is -0.517. The second kappa shape index (κ2) is 5.49. The number of thioether (sulfide) groups is 1. The number of nitrogens with zero attached hydrogens (tertiary/aromatic N) is 1. The molecule has 1 aromatic rings. The number of hydrogen-bond acceptors (Lipinski definition) is 4. The number of carbonyl (C=O) groups excluding carboxylic acids is 1. The average molecular weight is 268 g/mol. The predicted molar refractivity (Wildman–Crippen MR) is 69.0 cm³/mol. The molecule has 2 rings (SSSR count). The van der Waals surface area contributed by atoms with Gasteiger partial charge in [-0.05, 0) is 17.7 Å². The molecule has 96 valence electrons. The zero-order valence-corrected chi connectivity index (χ0v) is 10.6. The van der Waals surface area contributed by atoms with E-state index < -0.39 is 18.1 Å². The van der Waals surface area contributed by atoms with E-state index in [4.69, 9.17) is 10.5 Å². The SMILES string of the molecule is COC(C1=NC(C(N)=O)CS1)c1cccc(F)c1. The van der Waals surface area contributed by atoms with Crippen molar-refractivity contribution in [3.63, 3.8) is 0 Å². The van der Waals surface area contributed by atoms with Gasteiger partial charge in [0.05, 0.1) is 0 Å². The van der Waals surface area contributed by atoms with Crippen molar-refractivity contribution in [2.75, 3.05) is 12.9 Å². The Kier molecular flexibility index (Phi) is 3.98. The molecule has 4 nitrogen and oxygen atoms in total. The smallest absolute Gasteiger partial charge is 0.243 e. The number of amides is 1. The van der Waals surface area contributed by atoms with Crippen LogP contribution in [0.4, 0.5) is 4.39 Å². The predicted octanol–water partition coefficient (Wildman–Crippen LogP) is 1.51. The van der Waals surface area contributed by atoms with Crippen molar-refractivity contribution in [1.29, 1.82) is 0 Å². The standard InChI is InChI=1S/C12H13FN2O2S/c1-17-10(7-3-2-4-8(13)5-7)12-15-9(6-18-12)11(14)16/h2-5,9-10H,6H2,1H3,(H2,14,16). The zero-order valence-electron chi connectivity index (χ0n) is 9.80. The van der Waals surface area contributed by atoms with E-state index in [9.17, 15) is 9.18 Å². The summed E-state index contributed by atoms with van der Waals surface area (Å²) in [5, 5.41) is 0.659. The van der Waals surface area contributed by atoms with E-state index in [1.54, 1.807) is 12.1 Å². The number of methoxy groups -OCH3 is 1. The lowest BCUT2D eigenvalue weighted by Gasteiger charge is -2.15. The van der Waals surface area contributed by atoms with Crippen LogP contribution in [-0.2, 0) is 9.53 Å². The number of nitrogens with two attached hydrogens (primary N) is 1. The lowest BCUT2D eigenvalue weighted by atomic mass is 10.1. The molecule has 2 unspecified atom stereocenters. The number of ether oxygens (including phenoxy) is 1. The fourth-order valence-electron chi connectivity index (χ4n) is 1.73. The van der Waals surface area contributed by atoms with Gasteiger partial charge in [-0.25, -0.2) is 4.39 Å². The first-order chi connectivity index (χ1) is 8.61. The summed E-state index contributed by atoms with van der Waals surface area (Å²) >= 11 is 1.41. The summed E-state index contributed by atoms with van der Waals surface area (Å²) in [6.45, 7) is 0. The van der Waals surface area contributed by atoms with Gasteiger partial charge >= 0.3 is 0 Å². The topological polar surface area (TPSA) is 64.7 Å². The van der Waals surface area contributed by atoms with Crippen molar-refractivity contribution in [3.8, 4) is 0 Å². The van der Waals surface area contributed by atoms with Crippen molar-refractivity contribution >= 4 is 22.7 Å². The Morgan fingerprint density at radius 3 is 3.00 bits per heavy atom. The number of rotatable bonds is 4. The third-order valence-corrected chi connectivity index (χ3v) is 3.71. The highest BCUT2D eigenvalue weighted by atomic mass is 32.2. The van der Waals surface area contributed by atoms with E-state index in [0.29, 0.717) is 16.4 Å². The highest BCUT2D eigenvalue weighted by Gasteiger charge is 2.28. The van der Waals surface area contributed by atoms with Gasteiger partial charge in [0, 0.05) is 12.9 Å². The van der Waals surface area contributed by atoms with Gasteiger partial charge in [0.15, 0.2) is 0 Å². The van der Waals surface area contributed by atoms with Gasteiger partial charge in [-0.15, -0.1) is 11.8 Å². The molecule has 0 aliphatic carbocycles. The number of primary amides is 1. The molecule has 1 amide bonds. The lowest BCUT2D eigenvalue weighted by molar-refractivity contribution is -0.118. The Balaban J connectivity index is 2.25. The summed E-state index contributed by atoms with van der Waals surface area (Å²) < 4.78 is 18.5. The molecule has 0 radical (unpaired) electrons. The maximum Gasteiger partial charge on any atom is 0.243 e. The molecule has 1 aliphatic heterocycles. The fraction of sp³-hybridized carbons (Fsp3) is 0.333. The summed E-state index contributed by atoms with van der Waals surface area (Å²) in [6.07, 6.45) is -0.449. The van der Waals surface area contributed by atoms with Crippen LogP contribution in [0.15, 0.2) is 29.3 Å². The molecule has 1 heterocycles. The molecular weight excluding hydrogens is 255 g/mol. The molecule has 1 aliphatic rings. The summed E-state index contributed by atoms with van der Waals surface area (Å²) in [7, 11) is 1.52. The zero-order chi connectivity index (χ0) is 13.1. The van der Waals surface area contributed by atoms with E-state index in [1.807, 2.05) is 0 Å². The Morgan fingerprint density at radius 2 is 2.44 bits per heavy atom. The number of halogens is 1. The number of carbonyl (C=O) groups is 1. The Labute approximate surface area is 108 Å². The van der Waals surface area contributed by atoms with Crippen molar-refractivity contribution in [1.82, 2.24) is 0 Å². The van der Waals surface area contributed by atoms with Crippen LogP contribution in [0.1, 0.15) is 11.7 Å². The second-order valence-electron chi connectivity index (χ2n) is 3.87. The molecule has 18 heavy (non-hydrogen) atoms. The number of hydrogen-bond donors (Lipinski definition) is 1. The van der Waals surface area contributed by atoms with Crippen LogP contribution in [0.5, 0.6) is 0 Å². The van der Waals surface area contributed by atoms with Crippen molar-refractivity contribution in [2.24, 2.45) is 10.7 Å². The summed E-state index contributed by atoms with van der Waals surface area (Å²) in [5.74, 6) is -0.268. The quantitative estimate of drug-likeness (QED) is 0.900. The van der Waals surface area contributed by atoms with Crippen LogP contribution in [-0.4, -0.2) is 29.9 Å². The molecule has 0 spiro atoms. The monoisotopic (exact) mass is 268 g/mol. The van der Waals surface area contributed by atoms with E-state index in [-0.39, 0.29) is 5.82 Å². The van der Waals surface area contributed by atoms with Crippen molar-refractivity contribution in [3.05, 3.63) is 35.6 Å². The molecule has 0 bridgehead atoms. The van der Waals surface area contributed by atoms with E-state index in [2.05, 4.69) is 4.99 Å². The van der Waals surface area contributed by atoms with Gasteiger partial charge in [0.25, 0.3) is 0 Å². The highest BCUT2D eigenvalue weighted by Crippen LogP contribution is 2.30. The molecule has 0 saturated carbocycles. The average Bonchev–Trinajstić information content (AvgIpc) is 2.80. The lowest BCUT2D eigenvalue weighted by Crippen LogP contribution is -2.26. The normalized spacial score (nSPS) is 20.6. The van der Waals surface area contributed by atoms with Gasteiger partial charge < -0.3 is 10.5 Å². The van der Waals surface area contributed by atoms with Crippen molar-refractivity contribution in [2.45, 2.75) is 12.1 Å². The van der Waals surface area contributed by atoms with Crippen LogP contribution >= 0.6 is 11.8 Å². The molecule has 6 heteroatoms. The van der Waals surface area contributed by atoms with E-state index in [0.717, 1.165) is 0 Å². The van der Waals surface area contributed by atoms with E-state index >= 15 is 0 Å². The summed E-state index contributed by atoms with van der Waals surface area (Å²) in [5.41, 5.74) is 5.88. The maximum absolute atomic E-state index is 13.2. The first-order valence-corrected chi connectivity index (χ1v) is 6.38. The first-order valence-electron chi connectivity index (χ1n) is 5.40. The van der Waals surface area contributed by atoms with Gasteiger partial charge in [-0.1, -0.05) is 12.1 Å². The van der Waals surface area contributed by atoms with Crippen LogP contribution in [0.2, 0.25) is 0 Å². The second-order valence-corrected chi connectivity index (χ2v) is 4.91. The largest absolute Gasteiger partial charge is 0.370 e. The molecular formula is C12H13FN2O2S. The summed E-state index contributed by atoms with van der Waals surface area (Å²) in [6, 6.07) is 5.62. The molecule has 0 saturated heterocycles. The fourth-order valence-corrected chi connectivity index (χ4v) is 2.88. The van der Waals surface area contributed by atoms with E-state index in [1.165, 1.54) is 31.0 Å². The molecule has 2 atom stereocenters. The van der Waals surface area contributed by atoms with Crippen LogP contribution in [0.25, 0.3) is 0 Å². The van der Waals surface area contributed by atoms with Crippen LogP contribution in [0.3, 0.4) is 0 Å². The van der Waals surface area contributed by atoms with Crippen molar-refractivity contribution < 1.29 is 13.9 Å². The first kappa shape index (κ1) is 13.0. The number of aliphatic imine (C=N–C) groups is 1. The van der Waals surface area contributed by atoms with Gasteiger partial charge in [-0.3, -0.25) is 9.79 Å². The number of benzene rings is 1.